The Morgan fingerprint density at radius 1 is 0.304 bits per heavy atom. The quantitative estimate of drug-likeness (QED) is 0.0169. The monoisotopic (exact) mass is 1490 g/mol. The fourth-order valence-corrected chi connectivity index (χ4v) is 13.9. The van der Waals surface area contributed by atoms with Crippen molar-refractivity contribution in [2.24, 2.45) is 11.8 Å². The first-order chi connectivity index (χ1) is 49.4. The van der Waals surface area contributed by atoms with E-state index >= 15 is 0 Å². The normalized spacial score (nSPS) is 14.0. The van der Waals surface area contributed by atoms with Crippen LogP contribution in [0.5, 0.6) is 0 Å². The minimum Gasteiger partial charge on any atom is -0.462 e. The number of unbranched alkanes of at least 4 members (excludes halogenated alkanes) is 47. The van der Waals surface area contributed by atoms with Gasteiger partial charge in [0.1, 0.15) is 19.3 Å². The van der Waals surface area contributed by atoms with Gasteiger partial charge in [-0.15, -0.1) is 0 Å². The van der Waals surface area contributed by atoms with Gasteiger partial charge in [0.25, 0.3) is 0 Å². The average molecular weight is 1490 g/mol. The van der Waals surface area contributed by atoms with E-state index in [2.05, 4.69) is 65.8 Å². The molecular weight excluding hydrogens is 1330 g/mol. The van der Waals surface area contributed by atoms with Gasteiger partial charge in [-0.25, -0.2) is 9.13 Å². The lowest BCUT2D eigenvalue weighted by atomic mass is 10.0. The van der Waals surface area contributed by atoms with Gasteiger partial charge in [-0.05, 0) is 63.2 Å². The van der Waals surface area contributed by atoms with Crippen LogP contribution in [0, 0.1) is 11.8 Å². The molecule has 102 heavy (non-hydrogen) atoms. The van der Waals surface area contributed by atoms with Crippen molar-refractivity contribution >= 4 is 39.5 Å². The number of hydrogen-bond donors (Lipinski definition) is 3. The number of esters is 4. The molecule has 3 N–H and O–H groups in total. The Bertz CT molecular complexity index is 2050. The summed E-state index contributed by atoms with van der Waals surface area (Å²) in [6, 6.07) is 0. The van der Waals surface area contributed by atoms with Crippen LogP contribution in [0.1, 0.15) is 414 Å². The van der Waals surface area contributed by atoms with Gasteiger partial charge in [-0.3, -0.25) is 37.3 Å². The molecule has 0 saturated heterocycles. The van der Waals surface area contributed by atoms with Crippen LogP contribution in [-0.4, -0.2) is 96.7 Å². The van der Waals surface area contributed by atoms with Gasteiger partial charge in [-0.2, -0.15) is 0 Å². The minimum absolute atomic E-state index is 0.0854. The number of carbonyl (C=O) groups excluding carboxylic acids is 4. The highest BCUT2D eigenvalue weighted by Gasteiger charge is 2.30. The average Bonchev–Trinajstić information content (AvgIpc) is 0.917. The fourth-order valence-electron chi connectivity index (χ4n) is 12.3. The predicted octanol–water partition coefficient (Wildman–Crippen LogP) is 24.6. The van der Waals surface area contributed by atoms with Crippen LogP contribution in [0.3, 0.4) is 0 Å². The third-order valence-corrected chi connectivity index (χ3v) is 20.7. The van der Waals surface area contributed by atoms with E-state index in [0.29, 0.717) is 25.7 Å². The molecule has 19 heteroatoms. The zero-order valence-electron chi connectivity index (χ0n) is 66.4. The van der Waals surface area contributed by atoms with E-state index in [4.69, 9.17) is 37.0 Å². The highest BCUT2D eigenvalue weighted by molar-refractivity contribution is 7.47. The molecule has 0 amide bonds. The second-order valence-electron chi connectivity index (χ2n) is 30.1. The number of aliphatic hydroxyl groups is 1. The van der Waals surface area contributed by atoms with Crippen LogP contribution in [-0.2, 0) is 65.4 Å². The standard InChI is InChI=1S/C83H158O17P2/c1-7-9-11-13-15-17-19-20-23-31-37-43-49-55-61-67-82(87)99-78(71-93-80(85)65-59-53-47-41-33-18-16-14-12-10-8-2)73-97-101(89,90)95-69-77(84)70-96-102(91,92)98-74-79(100-83(88)68-62-56-50-44-38-32-27-22-25-29-35-40-46-52-58-64-76(5)6)72-94-81(86)66-60-54-48-42-36-30-26-21-24-28-34-39-45-51-57-63-75(3)4/h17,19-20,23,75-79,84H,7-16,18,21-22,24-74H2,1-6H3,(H,89,90)(H,91,92)/b19-17-,23-20-/t77-,78+,79+/m0/s1. The third kappa shape index (κ3) is 75.8. The van der Waals surface area contributed by atoms with Crippen LogP contribution >= 0.6 is 15.6 Å². The summed E-state index contributed by atoms with van der Waals surface area (Å²) >= 11 is 0. The zero-order chi connectivity index (χ0) is 74.9. The number of ether oxygens (including phenoxy) is 4. The van der Waals surface area contributed by atoms with Gasteiger partial charge < -0.3 is 33.8 Å². The lowest BCUT2D eigenvalue weighted by Crippen LogP contribution is -2.30. The SMILES string of the molecule is CCCCCC/C=C\C=C/CCCCCCCC(=O)O[C@H](COC(=O)CCCCCCCCCCCCC)COP(=O)(O)OC[C@H](O)COP(=O)(O)OC[C@@H](COC(=O)CCCCCCCCCCCCCCCCCC(C)C)OC(=O)CCCCCCCCCCCCCCCCCC(C)C. The number of phosphoric acid groups is 2. The highest BCUT2D eigenvalue weighted by Crippen LogP contribution is 2.45. The van der Waals surface area contributed by atoms with Crippen LogP contribution < -0.4 is 0 Å². The fraction of sp³-hybridized carbons (Fsp3) is 0.904. The van der Waals surface area contributed by atoms with E-state index in [-0.39, 0.29) is 25.7 Å². The van der Waals surface area contributed by atoms with Gasteiger partial charge in [-0.1, -0.05) is 361 Å². The molecule has 2 unspecified atom stereocenters. The molecule has 0 radical (unpaired) electrons. The molecule has 5 atom stereocenters. The number of phosphoric ester groups is 2. The summed E-state index contributed by atoms with van der Waals surface area (Å²) < 4.78 is 68.7. The number of carbonyl (C=O) groups is 4. The molecular formula is C83H158O17P2. The Balaban J connectivity index is 5.28. The Morgan fingerprint density at radius 2 is 0.529 bits per heavy atom. The first-order valence-corrected chi connectivity index (χ1v) is 45.3. The molecule has 0 aliphatic carbocycles. The van der Waals surface area contributed by atoms with Crippen molar-refractivity contribution in [2.75, 3.05) is 39.6 Å². The van der Waals surface area contributed by atoms with Crippen molar-refractivity contribution in [3.8, 4) is 0 Å². The molecule has 0 bridgehead atoms. The van der Waals surface area contributed by atoms with Crippen molar-refractivity contribution in [2.45, 2.75) is 432 Å². The third-order valence-electron chi connectivity index (χ3n) is 18.8. The lowest BCUT2D eigenvalue weighted by molar-refractivity contribution is -0.161. The Kier molecular flexibility index (Phi) is 72.2. The molecule has 0 saturated carbocycles. The molecule has 0 spiro atoms. The van der Waals surface area contributed by atoms with Crippen molar-refractivity contribution in [1.29, 1.82) is 0 Å². The Hall–Kier alpha value is -2.46. The lowest BCUT2D eigenvalue weighted by Gasteiger charge is -2.21. The molecule has 0 rings (SSSR count). The van der Waals surface area contributed by atoms with Gasteiger partial charge in [0.2, 0.25) is 0 Å². The van der Waals surface area contributed by atoms with Crippen molar-refractivity contribution in [3.63, 3.8) is 0 Å². The number of rotatable bonds is 80. The zero-order valence-corrected chi connectivity index (χ0v) is 68.2. The molecule has 17 nitrogen and oxygen atoms in total. The smallest absolute Gasteiger partial charge is 0.462 e. The summed E-state index contributed by atoms with van der Waals surface area (Å²) in [4.78, 5) is 73.1. The second kappa shape index (κ2) is 74.0. The summed E-state index contributed by atoms with van der Waals surface area (Å²) in [5.74, 6) is -0.529. The minimum atomic E-state index is -4.97. The van der Waals surface area contributed by atoms with Crippen molar-refractivity contribution in [1.82, 2.24) is 0 Å². The molecule has 0 aliphatic heterocycles. The van der Waals surface area contributed by atoms with E-state index in [1.54, 1.807) is 0 Å². The Morgan fingerprint density at radius 3 is 0.804 bits per heavy atom. The van der Waals surface area contributed by atoms with Crippen LogP contribution in [0.15, 0.2) is 24.3 Å². The summed E-state index contributed by atoms with van der Waals surface area (Å²) in [6.07, 6.45) is 67.3. The molecule has 0 heterocycles. The Labute approximate surface area is 624 Å². The van der Waals surface area contributed by atoms with Crippen LogP contribution in [0.25, 0.3) is 0 Å². The van der Waals surface area contributed by atoms with E-state index in [9.17, 15) is 43.2 Å². The molecule has 602 valence electrons. The highest BCUT2D eigenvalue weighted by atomic mass is 31.2. The maximum absolute atomic E-state index is 13.1. The van der Waals surface area contributed by atoms with Gasteiger partial charge >= 0.3 is 39.5 Å². The molecule has 0 aromatic rings. The van der Waals surface area contributed by atoms with Gasteiger partial charge in [0.05, 0.1) is 26.4 Å². The maximum atomic E-state index is 13.1. The first-order valence-electron chi connectivity index (χ1n) is 42.3. The van der Waals surface area contributed by atoms with Crippen LogP contribution in [0.2, 0.25) is 0 Å². The summed E-state index contributed by atoms with van der Waals surface area (Å²) in [5.41, 5.74) is 0. The van der Waals surface area contributed by atoms with E-state index in [1.807, 2.05) is 0 Å². The molecule has 0 aromatic heterocycles. The van der Waals surface area contributed by atoms with Crippen molar-refractivity contribution < 1.29 is 80.2 Å². The largest absolute Gasteiger partial charge is 0.472 e. The van der Waals surface area contributed by atoms with Gasteiger partial charge in [0, 0.05) is 25.7 Å². The number of aliphatic hydroxyl groups excluding tert-OH is 1. The summed E-state index contributed by atoms with van der Waals surface area (Å²) in [6.45, 7) is 9.63. The first kappa shape index (κ1) is 99.5. The maximum Gasteiger partial charge on any atom is 0.472 e. The topological polar surface area (TPSA) is 237 Å². The molecule has 0 aliphatic rings. The van der Waals surface area contributed by atoms with Gasteiger partial charge in [0.15, 0.2) is 12.2 Å². The van der Waals surface area contributed by atoms with E-state index in [1.165, 1.54) is 218 Å². The molecule has 0 fully saturated rings. The van der Waals surface area contributed by atoms with E-state index in [0.717, 1.165) is 115 Å². The number of allylic oxidation sites excluding steroid dienone is 4. The van der Waals surface area contributed by atoms with Crippen molar-refractivity contribution in [3.05, 3.63) is 24.3 Å². The second-order valence-corrected chi connectivity index (χ2v) is 33.0. The summed E-state index contributed by atoms with van der Waals surface area (Å²) in [7, 11) is -9.94. The summed E-state index contributed by atoms with van der Waals surface area (Å²) in [5, 5.41) is 10.7. The van der Waals surface area contributed by atoms with E-state index < -0.39 is 97.5 Å². The number of hydrogen-bond acceptors (Lipinski definition) is 15. The van der Waals surface area contributed by atoms with Crippen LogP contribution in [0.4, 0.5) is 0 Å². The molecule has 0 aromatic carbocycles. The predicted molar refractivity (Wildman–Crippen MR) is 418 cm³/mol.